The van der Waals surface area contributed by atoms with Crippen molar-refractivity contribution in [2.75, 3.05) is 0 Å². The fraction of sp³-hybridized carbons (Fsp3) is 0. The number of rotatable bonds is 1. The number of aromatic amines is 1. The minimum absolute atomic E-state index is 0.0420. The molecular weight excluding hydrogens is 222 g/mol. The van der Waals surface area contributed by atoms with Gasteiger partial charge < -0.3 is 9.38 Å². The Labute approximate surface area is 94.3 Å². The quantitative estimate of drug-likeness (QED) is 0.509. The zero-order valence-electron chi connectivity index (χ0n) is 8.58. The number of nitro groups is 1. The summed E-state index contributed by atoms with van der Waals surface area (Å²) in [5.74, 6) is 0. The lowest BCUT2D eigenvalue weighted by Gasteiger charge is -2.02. The normalized spacial score (nSPS) is 11.1. The number of nitrogens with one attached hydrogen (secondary N) is 1. The molecule has 0 fully saturated rings. The van der Waals surface area contributed by atoms with Crippen LogP contribution in [0.4, 0.5) is 5.69 Å². The van der Waals surface area contributed by atoms with Crippen molar-refractivity contribution in [3.8, 4) is 0 Å². The largest absolute Gasteiger partial charge is 0.319 e. The lowest BCUT2D eigenvalue weighted by Crippen LogP contribution is -2.09. The van der Waals surface area contributed by atoms with Crippen LogP contribution in [0.2, 0.25) is 0 Å². The van der Waals surface area contributed by atoms with Crippen molar-refractivity contribution >= 4 is 22.2 Å². The molecule has 3 aromatic rings. The molecule has 0 amide bonds. The van der Waals surface area contributed by atoms with Crippen LogP contribution in [0.15, 0.2) is 41.3 Å². The summed E-state index contributed by atoms with van der Waals surface area (Å²) >= 11 is 0. The maximum absolute atomic E-state index is 11.7. The van der Waals surface area contributed by atoms with Gasteiger partial charge in [-0.25, -0.2) is 0 Å². The number of nitrogens with zero attached hydrogens (tertiary/aromatic N) is 2. The zero-order chi connectivity index (χ0) is 12.0. The first-order valence-corrected chi connectivity index (χ1v) is 4.94. The molecule has 3 rings (SSSR count). The summed E-state index contributed by atoms with van der Waals surface area (Å²) in [6.45, 7) is 0. The molecule has 0 radical (unpaired) electrons. The number of benzene rings is 1. The summed E-state index contributed by atoms with van der Waals surface area (Å²) < 4.78 is 1.71. The van der Waals surface area contributed by atoms with E-state index in [1.54, 1.807) is 28.8 Å². The number of aromatic nitrogens is 2. The van der Waals surface area contributed by atoms with Gasteiger partial charge in [0.25, 0.3) is 11.2 Å². The van der Waals surface area contributed by atoms with Crippen LogP contribution in [-0.2, 0) is 0 Å². The van der Waals surface area contributed by atoms with Gasteiger partial charge in [-0.05, 0) is 18.2 Å². The van der Waals surface area contributed by atoms with Crippen LogP contribution < -0.4 is 5.56 Å². The fourth-order valence-electron chi connectivity index (χ4n) is 1.91. The molecule has 2 aromatic heterocycles. The highest BCUT2D eigenvalue weighted by Gasteiger charge is 2.09. The Morgan fingerprint density at radius 3 is 2.82 bits per heavy atom. The summed E-state index contributed by atoms with van der Waals surface area (Å²) in [6.07, 6.45) is 1.75. The Hall–Kier alpha value is -2.63. The van der Waals surface area contributed by atoms with Crippen molar-refractivity contribution in [1.82, 2.24) is 9.38 Å². The van der Waals surface area contributed by atoms with Gasteiger partial charge in [-0.3, -0.25) is 14.9 Å². The molecule has 0 unspecified atom stereocenters. The van der Waals surface area contributed by atoms with Crippen molar-refractivity contribution in [1.29, 1.82) is 0 Å². The van der Waals surface area contributed by atoms with Crippen molar-refractivity contribution < 1.29 is 4.92 Å². The molecule has 1 N–H and O–H groups in total. The molecule has 1 aromatic carbocycles. The number of non-ortho nitro benzene ring substituents is 1. The van der Waals surface area contributed by atoms with Crippen molar-refractivity contribution in [3.63, 3.8) is 0 Å². The van der Waals surface area contributed by atoms with Crippen molar-refractivity contribution in [3.05, 3.63) is 57.0 Å². The van der Waals surface area contributed by atoms with Crippen molar-refractivity contribution in [2.45, 2.75) is 0 Å². The lowest BCUT2D eigenvalue weighted by atomic mass is 10.2. The zero-order valence-corrected chi connectivity index (χ0v) is 8.58. The van der Waals surface area contributed by atoms with E-state index in [1.807, 2.05) is 0 Å². The number of fused-ring (bicyclic) bond motifs is 3. The summed E-state index contributed by atoms with van der Waals surface area (Å²) in [4.78, 5) is 24.5. The van der Waals surface area contributed by atoms with Crippen LogP contribution in [0.5, 0.6) is 0 Å². The molecule has 0 aliphatic heterocycles. The minimum Gasteiger partial charge on any atom is -0.319 e. The van der Waals surface area contributed by atoms with Gasteiger partial charge in [-0.1, -0.05) is 0 Å². The van der Waals surface area contributed by atoms with Crippen LogP contribution >= 0.6 is 0 Å². The molecule has 0 bridgehead atoms. The molecule has 17 heavy (non-hydrogen) atoms. The molecule has 0 atom stereocenters. The maximum Gasteiger partial charge on any atom is 0.272 e. The van der Waals surface area contributed by atoms with Crippen LogP contribution in [0.3, 0.4) is 0 Å². The Morgan fingerprint density at radius 2 is 2.06 bits per heavy atom. The molecule has 0 aliphatic rings. The van der Waals surface area contributed by atoms with E-state index >= 15 is 0 Å². The van der Waals surface area contributed by atoms with E-state index in [0.717, 1.165) is 5.52 Å². The summed E-state index contributed by atoms with van der Waals surface area (Å²) in [7, 11) is 0. The van der Waals surface area contributed by atoms with Crippen LogP contribution in [-0.4, -0.2) is 14.3 Å². The molecule has 0 spiro atoms. The van der Waals surface area contributed by atoms with Gasteiger partial charge in [-0.2, -0.15) is 0 Å². The number of nitro benzene ring substituents is 1. The highest BCUT2D eigenvalue weighted by Crippen LogP contribution is 2.19. The Bertz CT molecular complexity index is 800. The van der Waals surface area contributed by atoms with Crippen LogP contribution in [0, 0.1) is 10.1 Å². The third-order valence-electron chi connectivity index (χ3n) is 2.68. The van der Waals surface area contributed by atoms with E-state index in [4.69, 9.17) is 0 Å². The van der Waals surface area contributed by atoms with Gasteiger partial charge in [0.2, 0.25) is 0 Å². The first kappa shape index (κ1) is 9.59. The van der Waals surface area contributed by atoms with E-state index < -0.39 is 4.92 Å². The average molecular weight is 229 g/mol. The Morgan fingerprint density at radius 1 is 1.24 bits per heavy atom. The molecule has 84 valence electrons. The van der Waals surface area contributed by atoms with E-state index in [0.29, 0.717) is 11.0 Å². The average Bonchev–Trinajstić information content (AvgIpc) is 2.78. The lowest BCUT2D eigenvalue weighted by molar-refractivity contribution is -0.384. The predicted molar refractivity (Wildman–Crippen MR) is 62.2 cm³/mol. The van der Waals surface area contributed by atoms with Gasteiger partial charge in [0.05, 0.1) is 16.0 Å². The van der Waals surface area contributed by atoms with Crippen LogP contribution in [0.25, 0.3) is 16.6 Å². The van der Waals surface area contributed by atoms with E-state index in [1.165, 1.54) is 12.1 Å². The fourth-order valence-corrected chi connectivity index (χ4v) is 1.91. The summed E-state index contributed by atoms with van der Waals surface area (Å²) in [5.41, 5.74) is 1.40. The molecule has 0 aliphatic carbocycles. The topological polar surface area (TPSA) is 80.4 Å². The van der Waals surface area contributed by atoms with Gasteiger partial charge in [0.1, 0.15) is 5.52 Å². The van der Waals surface area contributed by atoms with Crippen molar-refractivity contribution in [2.24, 2.45) is 0 Å². The Balaban J connectivity index is 2.50. The van der Waals surface area contributed by atoms with Gasteiger partial charge in [-0.15, -0.1) is 0 Å². The van der Waals surface area contributed by atoms with E-state index in [-0.39, 0.29) is 11.2 Å². The third kappa shape index (κ3) is 1.31. The highest BCUT2D eigenvalue weighted by molar-refractivity contribution is 5.80. The maximum atomic E-state index is 11.7. The highest BCUT2D eigenvalue weighted by atomic mass is 16.6. The molecule has 0 saturated carbocycles. The van der Waals surface area contributed by atoms with Gasteiger partial charge >= 0.3 is 0 Å². The van der Waals surface area contributed by atoms with Gasteiger partial charge in [0.15, 0.2) is 0 Å². The second kappa shape index (κ2) is 3.18. The third-order valence-corrected chi connectivity index (χ3v) is 2.68. The molecule has 0 saturated heterocycles. The molecular formula is C11H7N3O3. The van der Waals surface area contributed by atoms with Crippen LogP contribution in [0.1, 0.15) is 0 Å². The first-order valence-electron chi connectivity index (χ1n) is 4.94. The SMILES string of the molecule is O=c1[nH]c2cc([N+](=O)[O-])ccc2n2cccc12. The summed E-state index contributed by atoms with van der Waals surface area (Å²) in [5, 5.41) is 10.6. The minimum atomic E-state index is -0.488. The smallest absolute Gasteiger partial charge is 0.272 e. The molecule has 2 heterocycles. The van der Waals surface area contributed by atoms with Gasteiger partial charge in [0, 0.05) is 18.3 Å². The monoisotopic (exact) mass is 229 g/mol. The van der Waals surface area contributed by atoms with E-state index in [9.17, 15) is 14.9 Å². The summed E-state index contributed by atoms with van der Waals surface area (Å²) in [6, 6.07) is 7.85. The molecule has 6 heteroatoms. The standard InChI is InChI=1S/C11H7N3O3/c15-11-10-2-1-5-13(10)9-4-3-7(14(16)17)6-8(9)12-11/h1-6H,(H,12,15). The molecule has 6 nitrogen and oxygen atoms in total. The first-order chi connectivity index (χ1) is 8.16. The van der Waals surface area contributed by atoms with E-state index in [2.05, 4.69) is 4.98 Å². The number of H-pyrrole nitrogens is 1. The second-order valence-corrected chi connectivity index (χ2v) is 3.68. The number of hydrogen-bond donors (Lipinski definition) is 1. The Kier molecular flexibility index (Phi) is 1.79. The second-order valence-electron chi connectivity index (χ2n) is 3.68. The predicted octanol–water partition coefficient (Wildman–Crippen LogP) is 1.69. The number of hydrogen-bond acceptors (Lipinski definition) is 3.